The average molecular weight is 690 g/mol. The van der Waals surface area contributed by atoms with E-state index in [0.717, 1.165) is 73.2 Å². The number of hydrogen-bond acceptors (Lipinski definition) is 4. The number of aromatic amines is 2. The van der Waals surface area contributed by atoms with Crippen LogP contribution in [0.3, 0.4) is 0 Å². The minimum Gasteiger partial charge on any atom is -0.361 e. The van der Waals surface area contributed by atoms with Crippen molar-refractivity contribution < 1.29 is 14.4 Å². The predicted molar refractivity (Wildman–Crippen MR) is 188 cm³/mol. The molecule has 0 saturated heterocycles. The van der Waals surface area contributed by atoms with Crippen molar-refractivity contribution in [2.75, 3.05) is 13.1 Å². The number of carbonyl (C=O) groups excluding carboxylic acids is 3. The Bertz CT molecular complexity index is 1670. The molecule has 2 aliphatic rings. The summed E-state index contributed by atoms with van der Waals surface area (Å²) in [6.45, 7) is 2.45. The number of amides is 3. The zero-order chi connectivity index (χ0) is 32.0. The summed E-state index contributed by atoms with van der Waals surface area (Å²) in [5.74, 6) is -0.421. The van der Waals surface area contributed by atoms with Crippen LogP contribution in [-0.2, 0) is 4.79 Å². The van der Waals surface area contributed by atoms with Gasteiger partial charge in [-0.3, -0.25) is 14.4 Å². The highest BCUT2D eigenvalue weighted by atomic mass is 35.5. The van der Waals surface area contributed by atoms with E-state index in [9.17, 15) is 14.4 Å². The van der Waals surface area contributed by atoms with Gasteiger partial charge in [0.1, 0.15) is 0 Å². The van der Waals surface area contributed by atoms with Crippen molar-refractivity contribution >= 4 is 75.1 Å². The first-order valence-corrected chi connectivity index (χ1v) is 16.5. The lowest BCUT2D eigenvalue weighted by molar-refractivity contribution is -0.121. The van der Waals surface area contributed by atoms with Crippen LogP contribution in [-0.4, -0.2) is 51.9 Å². The minimum atomic E-state index is -0.343. The maximum atomic E-state index is 12.6. The standard InChI is InChI=1S/C18H22ClN3O2.C16H20ClN3O.ClH/c1-12(23)22-18(8-3-2-4-9-18)11-21-17(24)14-5-6-15-13(16(14)19)7-10-20-15;17-14-11-6-9-19-13(11)5-4-12(14)15(21)20-10-16(18)7-2-1-3-8-16;/h5-7,10,20H,2-4,8-9,11H2,1H3,(H,21,24)(H,22,23);4-6,9,19H,1-3,7-8,10,18H2,(H,20,21);1H. The average Bonchev–Trinajstić information content (AvgIpc) is 3.71. The quantitative estimate of drug-likeness (QED) is 0.124. The molecule has 248 valence electrons. The van der Waals surface area contributed by atoms with Crippen molar-refractivity contribution in [1.82, 2.24) is 25.9 Å². The zero-order valence-corrected chi connectivity index (χ0v) is 28.4. The summed E-state index contributed by atoms with van der Waals surface area (Å²) in [5.41, 5.74) is 8.53. The Morgan fingerprint density at radius 1 is 0.717 bits per heavy atom. The van der Waals surface area contributed by atoms with Gasteiger partial charge >= 0.3 is 0 Å². The molecular formula is C34H43Cl3N6O3. The number of carbonyl (C=O) groups is 3. The molecule has 2 aromatic heterocycles. The molecule has 0 unspecified atom stereocenters. The van der Waals surface area contributed by atoms with E-state index in [4.69, 9.17) is 28.9 Å². The maximum absolute atomic E-state index is 12.6. The molecule has 46 heavy (non-hydrogen) atoms. The summed E-state index contributed by atoms with van der Waals surface area (Å²) in [7, 11) is 0. The molecule has 2 aliphatic carbocycles. The molecule has 9 nitrogen and oxygen atoms in total. The summed E-state index contributed by atoms with van der Waals surface area (Å²) >= 11 is 12.7. The summed E-state index contributed by atoms with van der Waals surface area (Å²) in [5, 5.41) is 11.6. The van der Waals surface area contributed by atoms with Gasteiger partial charge in [-0.1, -0.05) is 61.7 Å². The first kappa shape index (κ1) is 35.6. The maximum Gasteiger partial charge on any atom is 0.252 e. The van der Waals surface area contributed by atoms with Crippen molar-refractivity contribution in [2.24, 2.45) is 5.73 Å². The largest absolute Gasteiger partial charge is 0.361 e. The van der Waals surface area contributed by atoms with E-state index >= 15 is 0 Å². The highest BCUT2D eigenvalue weighted by Crippen LogP contribution is 2.30. The fourth-order valence-corrected chi connectivity index (χ4v) is 7.25. The molecule has 7 N–H and O–H groups in total. The van der Waals surface area contributed by atoms with Crippen LogP contribution < -0.4 is 21.7 Å². The monoisotopic (exact) mass is 688 g/mol. The van der Waals surface area contributed by atoms with E-state index in [2.05, 4.69) is 25.9 Å². The predicted octanol–water partition coefficient (Wildman–Crippen LogP) is 7.02. The van der Waals surface area contributed by atoms with Gasteiger partial charge in [-0.2, -0.15) is 0 Å². The Morgan fingerprint density at radius 2 is 1.17 bits per heavy atom. The van der Waals surface area contributed by atoms with Crippen LogP contribution in [0.25, 0.3) is 21.8 Å². The molecule has 0 atom stereocenters. The van der Waals surface area contributed by atoms with Crippen LogP contribution in [0.15, 0.2) is 48.8 Å². The van der Waals surface area contributed by atoms with Crippen molar-refractivity contribution in [2.45, 2.75) is 82.2 Å². The van der Waals surface area contributed by atoms with Crippen LogP contribution in [0.2, 0.25) is 10.0 Å². The fraction of sp³-hybridized carbons (Fsp3) is 0.441. The Balaban J connectivity index is 0.000000206. The second-order valence-electron chi connectivity index (χ2n) is 12.5. The number of aromatic nitrogens is 2. The van der Waals surface area contributed by atoms with Crippen LogP contribution in [0, 0.1) is 0 Å². The lowest BCUT2D eigenvalue weighted by Gasteiger charge is -2.38. The fourth-order valence-electron chi connectivity index (χ4n) is 6.62. The van der Waals surface area contributed by atoms with Gasteiger partial charge in [-0.05, 0) is 62.1 Å². The first-order chi connectivity index (χ1) is 21.6. The Hall–Kier alpha value is -3.24. The molecule has 6 rings (SSSR count). The molecule has 4 aromatic rings. The highest BCUT2D eigenvalue weighted by Gasteiger charge is 2.33. The number of rotatable bonds is 7. The van der Waals surface area contributed by atoms with E-state index in [1.807, 2.05) is 30.5 Å². The van der Waals surface area contributed by atoms with E-state index < -0.39 is 0 Å². The third-order valence-corrected chi connectivity index (χ3v) is 9.93. The van der Waals surface area contributed by atoms with Gasteiger partial charge in [-0.15, -0.1) is 12.4 Å². The number of fused-ring (bicyclic) bond motifs is 2. The third kappa shape index (κ3) is 8.37. The topological polar surface area (TPSA) is 145 Å². The zero-order valence-electron chi connectivity index (χ0n) is 26.1. The van der Waals surface area contributed by atoms with Gasteiger partial charge in [0.25, 0.3) is 11.8 Å². The number of nitrogens with two attached hydrogens (primary N) is 1. The molecule has 2 aromatic carbocycles. The second-order valence-corrected chi connectivity index (χ2v) is 13.3. The number of H-pyrrole nitrogens is 2. The summed E-state index contributed by atoms with van der Waals surface area (Å²) < 4.78 is 0. The number of nitrogens with one attached hydrogen (secondary N) is 5. The Labute approximate surface area is 285 Å². The Morgan fingerprint density at radius 3 is 1.65 bits per heavy atom. The third-order valence-electron chi connectivity index (χ3n) is 9.12. The molecule has 0 bridgehead atoms. The normalized spacial score (nSPS) is 16.9. The molecule has 0 aliphatic heterocycles. The van der Waals surface area contributed by atoms with Crippen molar-refractivity contribution in [3.05, 3.63) is 70.0 Å². The molecule has 0 radical (unpaired) electrons. The summed E-state index contributed by atoms with van der Waals surface area (Å²) in [6.07, 6.45) is 14.1. The van der Waals surface area contributed by atoms with E-state index in [-0.39, 0.29) is 41.2 Å². The lowest BCUT2D eigenvalue weighted by atomic mass is 9.81. The van der Waals surface area contributed by atoms with Crippen LogP contribution in [0.5, 0.6) is 0 Å². The minimum absolute atomic E-state index is 0. The molecule has 0 spiro atoms. The number of hydrogen-bond donors (Lipinski definition) is 6. The van der Waals surface area contributed by atoms with Gasteiger partial charge in [0.2, 0.25) is 5.91 Å². The van der Waals surface area contributed by atoms with Crippen molar-refractivity contribution in [3.63, 3.8) is 0 Å². The summed E-state index contributed by atoms with van der Waals surface area (Å²) in [4.78, 5) is 42.6. The second kappa shape index (κ2) is 15.6. The summed E-state index contributed by atoms with van der Waals surface area (Å²) in [6, 6.07) is 10.9. The van der Waals surface area contributed by atoms with Gasteiger partial charge in [0, 0.05) is 59.8 Å². The smallest absolute Gasteiger partial charge is 0.252 e. The van der Waals surface area contributed by atoms with Crippen LogP contribution in [0.1, 0.15) is 91.8 Å². The van der Waals surface area contributed by atoms with E-state index in [1.54, 1.807) is 18.3 Å². The van der Waals surface area contributed by atoms with E-state index in [0.29, 0.717) is 34.3 Å². The van der Waals surface area contributed by atoms with Gasteiger partial charge in [0.15, 0.2) is 0 Å². The molecule has 2 saturated carbocycles. The molecule has 12 heteroatoms. The molecule has 2 fully saturated rings. The van der Waals surface area contributed by atoms with Gasteiger partial charge in [0.05, 0.1) is 26.7 Å². The molecule has 2 heterocycles. The van der Waals surface area contributed by atoms with E-state index in [1.165, 1.54) is 19.8 Å². The SMILES string of the molecule is CC(=O)NC1(CNC(=O)c2ccc3[nH]ccc3c2Cl)CCCCC1.Cl.NC1(CNC(=O)c2ccc3[nH]ccc3c2Cl)CCCCC1. The molecule has 3 amide bonds. The van der Waals surface area contributed by atoms with Crippen LogP contribution >= 0.6 is 35.6 Å². The van der Waals surface area contributed by atoms with Gasteiger partial charge < -0.3 is 31.7 Å². The lowest BCUT2D eigenvalue weighted by Crippen LogP contribution is -2.56. The highest BCUT2D eigenvalue weighted by molar-refractivity contribution is 6.39. The Kier molecular flexibility index (Phi) is 12.1. The van der Waals surface area contributed by atoms with Crippen molar-refractivity contribution in [3.8, 4) is 0 Å². The van der Waals surface area contributed by atoms with Gasteiger partial charge in [-0.25, -0.2) is 0 Å². The first-order valence-electron chi connectivity index (χ1n) is 15.8. The van der Waals surface area contributed by atoms with Crippen molar-refractivity contribution in [1.29, 1.82) is 0 Å². The molecular weight excluding hydrogens is 647 g/mol. The van der Waals surface area contributed by atoms with Crippen LogP contribution in [0.4, 0.5) is 0 Å². The number of benzene rings is 2. The number of halogens is 3.